The standard InChI is InChI=1S/C26H31ClN4O2S/c1-7-15-31-24(18(3)33-20-13-11-19(12-14-20)26(4,5)6)29-30-25(31)34-16-23(32)28-22-10-8-9-21(27)17(22)2/h7-14,18H,1,15-16H2,2-6H3,(H,28,32). The molecule has 2 aromatic carbocycles. The van der Waals surface area contributed by atoms with E-state index < -0.39 is 0 Å². The molecule has 0 bridgehead atoms. The summed E-state index contributed by atoms with van der Waals surface area (Å²) in [6.07, 6.45) is 1.45. The van der Waals surface area contributed by atoms with Crippen LogP contribution in [0.2, 0.25) is 5.02 Å². The largest absolute Gasteiger partial charge is 0.483 e. The summed E-state index contributed by atoms with van der Waals surface area (Å²) in [7, 11) is 0. The van der Waals surface area contributed by atoms with E-state index >= 15 is 0 Å². The van der Waals surface area contributed by atoms with E-state index in [1.54, 1.807) is 12.1 Å². The van der Waals surface area contributed by atoms with Gasteiger partial charge in [0.05, 0.1) is 5.75 Å². The fraction of sp³-hybridized carbons (Fsp3) is 0.346. The van der Waals surface area contributed by atoms with Gasteiger partial charge in [-0.05, 0) is 54.7 Å². The summed E-state index contributed by atoms with van der Waals surface area (Å²) in [5.74, 6) is 1.48. The van der Waals surface area contributed by atoms with Gasteiger partial charge in [-0.1, -0.05) is 68.4 Å². The average Bonchev–Trinajstić information content (AvgIpc) is 3.18. The molecule has 3 rings (SSSR count). The van der Waals surface area contributed by atoms with Crippen LogP contribution in [0, 0.1) is 6.92 Å². The predicted molar refractivity (Wildman–Crippen MR) is 140 cm³/mol. The lowest BCUT2D eigenvalue weighted by molar-refractivity contribution is -0.113. The molecular weight excluding hydrogens is 468 g/mol. The molecule has 1 N–H and O–H groups in total. The van der Waals surface area contributed by atoms with E-state index in [4.69, 9.17) is 16.3 Å². The van der Waals surface area contributed by atoms with Crippen molar-refractivity contribution < 1.29 is 9.53 Å². The second kappa shape index (κ2) is 11.1. The Bertz CT molecular complexity index is 1150. The van der Waals surface area contributed by atoms with Crippen molar-refractivity contribution in [1.82, 2.24) is 14.8 Å². The molecule has 34 heavy (non-hydrogen) atoms. The SMILES string of the molecule is C=CCn1c(SCC(=O)Nc2cccc(Cl)c2C)nnc1C(C)Oc1ccc(C(C)(C)C)cc1. The van der Waals surface area contributed by atoms with Gasteiger partial charge >= 0.3 is 0 Å². The molecule has 3 aromatic rings. The summed E-state index contributed by atoms with van der Waals surface area (Å²) in [6, 6.07) is 13.5. The third-order valence-electron chi connectivity index (χ3n) is 5.33. The Morgan fingerprint density at radius 2 is 1.94 bits per heavy atom. The molecule has 0 spiro atoms. The van der Waals surface area contributed by atoms with Crippen molar-refractivity contribution in [3.8, 4) is 5.75 Å². The fourth-order valence-electron chi connectivity index (χ4n) is 3.36. The first-order valence-corrected chi connectivity index (χ1v) is 12.5. The van der Waals surface area contributed by atoms with Crippen molar-refractivity contribution >= 4 is 35.0 Å². The van der Waals surface area contributed by atoms with Gasteiger partial charge in [-0.15, -0.1) is 16.8 Å². The van der Waals surface area contributed by atoms with Gasteiger partial charge in [0.2, 0.25) is 5.91 Å². The first kappa shape index (κ1) is 25.8. The highest BCUT2D eigenvalue weighted by atomic mass is 35.5. The van der Waals surface area contributed by atoms with Crippen LogP contribution in [0.4, 0.5) is 5.69 Å². The van der Waals surface area contributed by atoms with E-state index in [0.29, 0.717) is 28.2 Å². The van der Waals surface area contributed by atoms with E-state index in [9.17, 15) is 4.79 Å². The summed E-state index contributed by atoms with van der Waals surface area (Å²) >= 11 is 7.46. The Labute approximate surface area is 210 Å². The summed E-state index contributed by atoms with van der Waals surface area (Å²) < 4.78 is 8.06. The maximum absolute atomic E-state index is 12.5. The van der Waals surface area contributed by atoms with Crippen LogP contribution in [-0.2, 0) is 16.8 Å². The molecule has 0 aliphatic carbocycles. The molecule has 6 nitrogen and oxygen atoms in total. The van der Waals surface area contributed by atoms with Gasteiger partial charge in [-0.2, -0.15) is 0 Å². The molecule has 1 heterocycles. The van der Waals surface area contributed by atoms with Gasteiger partial charge in [0, 0.05) is 17.3 Å². The predicted octanol–water partition coefficient (Wildman–Crippen LogP) is 6.59. The maximum atomic E-state index is 12.5. The summed E-state index contributed by atoms with van der Waals surface area (Å²) in [5, 5.41) is 12.8. The van der Waals surface area contributed by atoms with Crippen molar-refractivity contribution in [2.24, 2.45) is 0 Å². The van der Waals surface area contributed by atoms with Crippen LogP contribution < -0.4 is 10.1 Å². The van der Waals surface area contributed by atoms with E-state index in [1.165, 1.54) is 17.3 Å². The Kier molecular flexibility index (Phi) is 8.44. The van der Waals surface area contributed by atoms with Gasteiger partial charge in [0.25, 0.3) is 0 Å². The monoisotopic (exact) mass is 498 g/mol. The van der Waals surface area contributed by atoms with Crippen LogP contribution in [0.15, 0.2) is 60.3 Å². The highest BCUT2D eigenvalue weighted by Gasteiger charge is 2.20. The number of hydrogen-bond donors (Lipinski definition) is 1. The number of nitrogens with one attached hydrogen (secondary N) is 1. The topological polar surface area (TPSA) is 69.0 Å². The summed E-state index contributed by atoms with van der Waals surface area (Å²) in [6.45, 7) is 14.7. The number of nitrogens with zero attached hydrogens (tertiary/aromatic N) is 3. The van der Waals surface area contributed by atoms with Crippen molar-refractivity contribution in [2.45, 2.75) is 57.8 Å². The van der Waals surface area contributed by atoms with Crippen LogP contribution in [0.5, 0.6) is 5.75 Å². The van der Waals surface area contributed by atoms with Crippen LogP contribution in [0.3, 0.4) is 0 Å². The number of anilines is 1. The number of carbonyl (C=O) groups is 1. The number of benzene rings is 2. The number of rotatable bonds is 9. The van der Waals surface area contributed by atoms with Gasteiger partial charge in [0.1, 0.15) is 5.75 Å². The smallest absolute Gasteiger partial charge is 0.234 e. The first-order valence-electron chi connectivity index (χ1n) is 11.1. The minimum atomic E-state index is -0.328. The van der Waals surface area contributed by atoms with Crippen LogP contribution in [-0.4, -0.2) is 26.4 Å². The van der Waals surface area contributed by atoms with Gasteiger partial charge < -0.3 is 10.1 Å². The third-order valence-corrected chi connectivity index (χ3v) is 6.70. The number of amides is 1. The molecule has 0 aliphatic heterocycles. The Morgan fingerprint density at radius 1 is 1.24 bits per heavy atom. The minimum absolute atomic E-state index is 0.0815. The fourth-order valence-corrected chi connectivity index (χ4v) is 4.29. The minimum Gasteiger partial charge on any atom is -0.483 e. The van der Waals surface area contributed by atoms with Crippen molar-refractivity contribution in [1.29, 1.82) is 0 Å². The number of thioether (sulfide) groups is 1. The van der Waals surface area contributed by atoms with E-state index in [1.807, 2.05) is 42.7 Å². The zero-order valence-corrected chi connectivity index (χ0v) is 21.8. The van der Waals surface area contributed by atoms with Crippen LogP contribution in [0.1, 0.15) is 50.8 Å². The lowest BCUT2D eigenvalue weighted by Crippen LogP contribution is -2.16. The van der Waals surface area contributed by atoms with E-state index in [2.05, 4.69) is 55.0 Å². The van der Waals surface area contributed by atoms with Gasteiger partial charge in [-0.3, -0.25) is 9.36 Å². The lowest BCUT2D eigenvalue weighted by atomic mass is 9.87. The third kappa shape index (κ3) is 6.42. The maximum Gasteiger partial charge on any atom is 0.234 e. The second-order valence-corrected chi connectivity index (χ2v) is 10.4. The molecule has 0 fully saturated rings. The average molecular weight is 499 g/mol. The number of allylic oxidation sites excluding steroid dienone is 1. The molecule has 1 atom stereocenters. The Balaban J connectivity index is 1.68. The highest BCUT2D eigenvalue weighted by Crippen LogP contribution is 2.28. The Morgan fingerprint density at radius 3 is 2.59 bits per heavy atom. The van der Waals surface area contributed by atoms with E-state index in [-0.39, 0.29) is 23.2 Å². The highest BCUT2D eigenvalue weighted by molar-refractivity contribution is 7.99. The molecule has 0 radical (unpaired) electrons. The molecule has 0 saturated heterocycles. The molecule has 180 valence electrons. The first-order chi connectivity index (χ1) is 16.1. The summed E-state index contributed by atoms with van der Waals surface area (Å²) in [4.78, 5) is 12.5. The molecule has 1 unspecified atom stereocenters. The molecule has 1 aromatic heterocycles. The lowest BCUT2D eigenvalue weighted by Gasteiger charge is -2.20. The van der Waals surface area contributed by atoms with Crippen LogP contribution in [0.25, 0.3) is 0 Å². The van der Waals surface area contributed by atoms with E-state index in [0.717, 1.165) is 11.3 Å². The molecule has 8 heteroatoms. The Hall–Kier alpha value is -2.77. The van der Waals surface area contributed by atoms with Crippen molar-refractivity contribution in [3.63, 3.8) is 0 Å². The normalized spacial score (nSPS) is 12.3. The zero-order valence-electron chi connectivity index (χ0n) is 20.3. The van der Waals surface area contributed by atoms with Crippen molar-refractivity contribution in [3.05, 3.63) is 77.1 Å². The molecular formula is C26H31ClN4O2S. The molecule has 1 amide bonds. The number of carbonyl (C=O) groups excluding carboxylic acids is 1. The number of ether oxygens (including phenoxy) is 1. The number of halogens is 1. The zero-order chi connectivity index (χ0) is 24.9. The van der Waals surface area contributed by atoms with Gasteiger partial charge in [0.15, 0.2) is 17.1 Å². The molecule has 0 saturated carbocycles. The number of aromatic nitrogens is 3. The second-order valence-electron chi connectivity index (χ2n) is 9.02. The number of hydrogen-bond acceptors (Lipinski definition) is 5. The van der Waals surface area contributed by atoms with Gasteiger partial charge in [-0.25, -0.2) is 0 Å². The molecule has 0 aliphatic rings. The van der Waals surface area contributed by atoms with Crippen LogP contribution >= 0.6 is 23.4 Å². The quantitative estimate of drug-likeness (QED) is 0.266. The van der Waals surface area contributed by atoms with Crippen molar-refractivity contribution in [2.75, 3.05) is 11.1 Å². The summed E-state index contributed by atoms with van der Waals surface area (Å²) in [5.41, 5.74) is 2.86.